The highest BCUT2D eigenvalue weighted by Gasteiger charge is 2.16. The van der Waals surface area contributed by atoms with Gasteiger partial charge in [-0.1, -0.05) is 25.1 Å². The summed E-state index contributed by atoms with van der Waals surface area (Å²) in [5.41, 5.74) is 1.29. The van der Waals surface area contributed by atoms with Crippen molar-refractivity contribution in [1.82, 2.24) is 9.80 Å². The van der Waals surface area contributed by atoms with Crippen LogP contribution in [0.1, 0.15) is 12.5 Å². The highest BCUT2D eigenvalue weighted by atomic mass is 16.5. The molecule has 0 amide bonds. The predicted molar refractivity (Wildman–Crippen MR) is 70.4 cm³/mol. The second kappa shape index (κ2) is 6.03. The van der Waals surface area contributed by atoms with Crippen LogP contribution in [-0.4, -0.2) is 49.6 Å². The number of para-hydroxylation sites is 1. The molecule has 0 radical (unpaired) electrons. The van der Waals surface area contributed by atoms with Gasteiger partial charge in [0, 0.05) is 38.3 Å². The molecule has 1 aromatic rings. The Morgan fingerprint density at radius 1 is 1.06 bits per heavy atom. The Labute approximate surface area is 104 Å². The highest BCUT2D eigenvalue weighted by Crippen LogP contribution is 2.19. The van der Waals surface area contributed by atoms with Crippen LogP contribution in [-0.2, 0) is 6.54 Å². The lowest BCUT2D eigenvalue weighted by molar-refractivity contribution is 0.131. The van der Waals surface area contributed by atoms with Gasteiger partial charge in [-0.15, -0.1) is 0 Å². The Bertz CT molecular complexity index is 346. The van der Waals surface area contributed by atoms with Crippen LogP contribution in [0, 0.1) is 0 Å². The summed E-state index contributed by atoms with van der Waals surface area (Å²) in [7, 11) is 1.74. The first-order chi connectivity index (χ1) is 8.33. The molecular weight excluding hydrogens is 212 g/mol. The summed E-state index contributed by atoms with van der Waals surface area (Å²) >= 11 is 0. The lowest BCUT2D eigenvalue weighted by Gasteiger charge is -2.34. The number of piperazine rings is 1. The lowest BCUT2D eigenvalue weighted by Crippen LogP contribution is -2.45. The van der Waals surface area contributed by atoms with Gasteiger partial charge in [0.15, 0.2) is 0 Å². The van der Waals surface area contributed by atoms with Crippen LogP contribution in [0.25, 0.3) is 0 Å². The fourth-order valence-corrected chi connectivity index (χ4v) is 2.34. The zero-order chi connectivity index (χ0) is 12.1. The van der Waals surface area contributed by atoms with E-state index in [1.807, 2.05) is 12.1 Å². The van der Waals surface area contributed by atoms with Gasteiger partial charge in [-0.3, -0.25) is 4.90 Å². The Morgan fingerprint density at radius 2 is 1.71 bits per heavy atom. The number of likely N-dealkylation sites (N-methyl/N-ethyl adjacent to an activating group) is 1. The second-order valence-electron chi connectivity index (χ2n) is 4.52. The number of ether oxygens (including phenoxy) is 1. The molecule has 1 aromatic carbocycles. The van der Waals surface area contributed by atoms with E-state index in [-0.39, 0.29) is 0 Å². The third-order valence-electron chi connectivity index (χ3n) is 3.50. The third-order valence-corrected chi connectivity index (χ3v) is 3.50. The summed E-state index contributed by atoms with van der Waals surface area (Å²) in [5, 5.41) is 0. The number of hydrogen-bond donors (Lipinski definition) is 0. The molecule has 1 aliphatic rings. The molecule has 1 aliphatic heterocycles. The molecule has 0 aromatic heterocycles. The summed E-state index contributed by atoms with van der Waals surface area (Å²) in [4.78, 5) is 5.00. The molecule has 2 rings (SSSR count). The topological polar surface area (TPSA) is 15.7 Å². The molecule has 0 atom stereocenters. The molecule has 0 N–H and O–H groups in total. The Morgan fingerprint density at radius 3 is 2.35 bits per heavy atom. The average molecular weight is 234 g/mol. The molecule has 3 nitrogen and oxygen atoms in total. The molecule has 0 saturated carbocycles. The van der Waals surface area contributed by atoms with Crippen LogP contribution in [0.3, 0.4) is 0 Å². The van der Waals surface area contributed by atoms with Crippen LogP contribution in [0.15, 0.2) is 24.3 Å². The molecule has 17 heavy (non-hydrogen) atoms. The SMILES string of the molecule is CCN1CCN(Cc2ccccc2OC)CC1. The first-order valence-electron chi connectivity index (χ1n) is 6.40. The van der Waals surface area contributed by atoms with Crippen molar-refractivity contribution in [2.24, 2.45) is 0 Å². The standard InChI is InChI=1S/C14H22N2O/c1-3-15-8-10-16(11-9-15)12-13-6-4-5-7-14(13)17-2/h4-7H,3,8-12H2,1-2H3. The number of nitrogens with zero attached hydrogens (tertiary/aromatic N) is 2. The molecular formula is C14H22N2O. The lowest BCUT2D eigenvalue weighted by atomic mass is 10.1. The summed E-state index contributed by atoms with van der Waals surface area (Å²) in [5.74, 6) is 1.01. The first-order valence-corrected chi connectivity index (χ1v) is 6.40. The van der Waals surface area contributed by atoms with E-state index in [0.29, 0.717) is 0 Å². The molecule has 1 fully saturated rings. The van der Waals surface area contributed by atoms with Crippen LogP contribution in [0.2, 0.25) is 0 Å². The van der Waals surface area contributed by atoms with Crippen molar-refractivity contribution in [2.75, 3.05) is 39.8 Å². The van der Waals surface area contributed by atoms with Crippen molar-refractivity contribution in [3.8, 4) is 5.75 Å². The molecule has 0 aliphatic carbocycles. The molecule has 94 valence electrons. The summed E-state index contributed by atoms with van der Waals surface area (Å²) in [6.45, 7) is 9.09. The molecule has 3 heteroatoms. The maximum Gasteiger partial charge on any atom is 0.123 e. The van der Waals surface area contributed by atoms with Crippen LogP contribution < -0.4 is 4.74 Å². The van der Waals surface area contributed by atoms with Gasteiger partial charge < -0.3 is 9.64 Å². The fourth-order valence-electron chi connectivity index (χ4n) is 2.34. The minimum atomic E-state index is 1.00. The van der Waals surface area contributed by atoms with E-state index in [9.17, 15) is 0 Å². The molecule has 1 saturated heterocycles. The smallest absolute Gasteiger partial charge is 0.123 e. The van der Waals surface area contributed by atoms with E-state index in [0.717, 1.165) is 25.4 Å². The monoisotopic (exact) mass is 234 g/mol. The fraction of sp³-hybridized carbons (Fsp3) is 0.571. The largest absolute Gasteiger partial charge is 0.496 e. The van der Waals surface area contributed by atoms with Gasteiger partial charge >= 0.3 is 0 Å². The van der Waals surface area contributed by atoms with Crippen molar-refractivity contribution in [2.45, 2.75) is 13.5 Å². The summed E-state index contributed by atoms with van der Waals surface area (Å²) < 4.78 is 5.39. The van der Waals surface area contributed by atoms with Crippen molar-refractivity contribution >= 4 is 0 Å². The maximum atomic E-state index is 5.39. The van der Waals surface area contributed by atoms with Gasteiger partial charge in [0.1, 0.15) is 5.75 Å². The van der Waals surface area contributed by atoms with E-state index in [1.165, 1.54) is 25.2 Å². The van der Waals surface area contributed by atoms with Gasteiger partial charge in [0.05, 0.1) is 7.11 Å². The van der Waals surface area contributed by atoms with E-state index in [1.54, 1.807) is 7.11 Å². The van der Waals surface area contributed by atoms with E-state index in [2.05, 4.69) is 28.9 Å². The van der Waals surface area contributed by atoms with Crippen molar-refractivity contribution in [3.63, 3.8) is 0 Å². The van der Waals surface area contributed by atoms with Gasteiger partial charge in [-0.25, -0.2) is 0 Å². The van der Waals surface area contributed by atoms with Crippen molar-refractivity contribution in [3.05, 3.63) is 29.8 Å². The summed E-state index contributed by atoms with van der Waals surface area (Å²) in [6, 6.07) is 8.31. The maximum absolute atomic E-state index is 5.39. The Balaban J connectivity index is 1.93. The second-order valence-corrected chi connectivity index (χ2v) is 4.52. The Hall–Kier alpha value is -1.06. The van der Waals surface area contributed by atoms with Gasteiger partial charge in [-0.05, 0) is 12.6 Å². The first kappa shape index (κ1) is 12.4. The van der Waals surface area contributed by atoms with Crippen molar-refractivity contribution < 1.29 is 4.74 Å². The van der Waals surface area contributed by atoms with Crippen LogP contribution in [0.5, 0.6) is 5.75 Å². The van der Waals surface area contributed by atoms with Gasteiger partial charge in [0.2, 0.25) is 0 Å². The number of hydrogen-bond acceptors (Lipinski definition) is 3. The minimum absolute atomic E-state index is 1.00. The molecule has 0 unspecified atom stereocenters. The van der Waals surface area contributed by atoms with Gasteiger partial charge in [0.25, 0.3) is 0 Å². The molecule has 0 bridgehead atoms. The average Bonchev–Trinajstić information content (AvgIpc) is 2.40. The molecule has 1 heterocycles. The normalized spacial score (nSPS) is 18.2. The summed E-state index contributed by atoms with van der Waals surface area (Å²) in [6.07, 6.45) is 0. The van der Waals surface area contributed by atoms with E-state index >= 15 is 0 Å². The predicted octanol–water partition coefficient (Wildman–Crippen LogP) is 1.83. The van der Waals surface area contributed by atoms with E-state index < -0.39 is 0 Å². The number of rotatable bonds is 4. The van der Waals surface area contributed by atoms with Gasteiger partial charge in [-0.2, -0.15) is 0 Å². The quantitative estimate of drug-likeness (QED) is 0.790. The zero-order valence-corrected chi connectivity index (χ0v) is 10.9. The molecule has 0 spiro atoms. The van der Waals surface area contributed by atoms with E-state index in [4.69, 9.17) is 4.74 Å². The van der Waals surface area contributed by atoms with Crippen LogP contribution >= 0.6 is 0 Å². The van der Waals surface area contributed by atoms with Crippen molar-refractivity contribution in [1.29, 1.82) is 0 Å². The third kappa shape index (κ3) is 3.20. The number of methoxy groups -OCH3 is 1. The zero-order valence-electron chi connectivity index (χ0n) is 10.9. The Kier molecular flexibility index (Phi) is 4.40. The highest BCUT2D eigenvalue weighted by molar-refractivity contribution is 5.33. The minimum Gasteiger partial charge on any atom is -0.496 e. The number of benzene rings is 1. The van der Waals surface area contributed by atoms with Crippen LogP contribution in [0.4, 0.5) is 0 Å².